The van der Waals surface area contributed by atoms with Gasteiger partial charge in [-0.3, -0.25) is 0 Å². The summed E-state index contributed by atoms with van der Waals surface area (Å²) in [4.78, 5) is 10.9. The molecule has 4 heteroatoms. The molecule has 1 saturated carbocycles. The van der Waals surface area contributed by atoms with Gasteiger partial charge in [0, 0.05) is 13.2 Å². The average Bonchev–Trinajstić information content (AvgIpc) is 2.56. The molecule has 1 aliphatic rings. The molecule has 0 spiro atoms. The molecule has 0 amide bonds. The van der Waals surface area contributed by atoms with E-state index in [4.69, 9.17) is 9.84 Å². The SMILES string of the molecule is CCOCCC1(C#N)CCC(c2ccc(C(=O)O)cc2)CC1. The number of nitriles is 1. The van der Waals surface area contributed by atoms with E-state index in [-0.39, 0.29) is 5.41 Å². The van der Waals surface area contributed by atoms with E-state index in [2.05, 4.69) is 6.07 Å². The first kappa shape index (κ1) is 16.5. The second-order valence-electron chi connectivity index (χ2n) is 6.04. The largest absolute Gasteiger partial charge is 0.478 e. The van der Waals surface area contributed by atoms with Crippen molar-refractivity contribution in [3.05, 3.63) is 35.4 Å². The van der Waals surface area contributed by atoms with Crippen molar-refractivity contribution in [3.63, 3.8) is 0 Å². The molecule has 0 radical (unpaired) electrons. The topological polar surface area (TPSA) is 70.3 Å². The van der Waals surface area contributed by atoms with Crippen LogP contribution in [0.5, 0.6) is 0 Å². The lowest BCUT2D eigenvalue weighted by Gasteiger charge is -2.35. The second-order valence-corrected chi connectivity index (χ2v) is 6.04. The average molecular weight is 301 g/mol. The third-order valence-electron chi connectivity index (χ3n) is 4.74. The van der Waals surface area contributed by atoms with Crippen molar-refractivity contribution in [2.24, 2.45) is 5.41 Å². The molecule has 0 atom stereocenters. The van der Waals surface area contributed by atoms with Gasteiger partial charge in [0.2, 0.25) is 0 Å². The zero-order chi connectivity index (χ0) is 16.0. The quantitative estimate of drug-likeness (QED) is 0.807. The number of carboxylic acids is 1. The number of hydrogen-bond acceptors (Lipinski definition) is 3. The van der Waals surface area contributed by atoms with E-state index in [1.54, 1.807) is 12.1 Å². The second kappa shape index (κ2) is 7.42. The number of aromatic carboxylic acids is 1. The van der Waals surface area contributed by atoms with Crippen LogP contribution in [-0.2, 0) is 4.74 Å². The van der Waals surface area contributed by atoms with E-state index in [1.165, 1.54) is 5.56 Å². The molecule has 4 nitrogen and oxygen atoms in total. The smallest absolute Gasteiger partial charge is 0.335 e. The van der Waals surface area contributed by atoms with E-state index < -0.39 is 5.97 Å². The van der Waals surface area contributed by atoms with Crippen molar-refractivity contribution < 1.29 is 14.6 Å². The zero-order valence-corrected chi connectivity index (χ0v) is 13.0. The predicted molar refractivity (Wildman–Crippen MR) is 83.8 cm³/mol. The third-order valence-corrected chi connectivity index (χ3v) is 4.74. The molecule has 1 aromatic carbocycles. The van der Waals surface area contributed by atoms with Gasteiger partial charge < -0.3 is 9.84 Å². The van der Waals surface area contributed by atoms with Crippen LogP contribution in [0.1, 0.15) is 60.9 Å². The number of rotatable bonds is 6. The van der Waals surface area contributed by atoms with Gasteiger partial charge in [0.15, 0.2) is 0 Å². The predicted octanol–water partition coefficient (Wildman–Crippen LogP) is 3.98. The lowest BCUT2D eigenvalue weighted by atomic mass is 9.68. The van der Waals surface area contributed by atoms with E-state index in [1.807, 2.05) is 19.1 Å². The van der Waals surface area contributed by atoms with Gasteiger partial charge in [-0.2, -0.15) is 5.26 Å². The Bertz CT molecular complexity index is 536. The Morgan fingerprint density at radius 2 is 2.00 bits per heavy atom. The first-order chi connectivity index (χ1) is 10.6. The maximum absolute atomic E-state index is 10.9. The van der Waals surface area contributed by atoms with E-state index in [0.717, 1.165) is 32.1 Å². The summed E-state index contributed by atoms with van der Waals surface area (Å²) < 4.78 is 5.40. The molecule has 1 aromatic rings. The van der Waals surface area contributed by atoms with Crippen LogP contribution in [0, 0.1) is 16.7 Å². The number of carbonyl (C=O) groups is 1. The van der Waals surface area contributed by atoms with E-state index in [9.17, 15) is 10.1 Å². The van der Waals surface area contributed by atoms with Crippen molar-refractivity contribution in [2.45, 2.75) is 44.9 Å². The van der Waals surface area contributed by atoms with Crippen LogP contribution in [0.15, 0.2) is 24.3 Å². The Morgan fingerprint density at radius 1 is 1.36 bits per heavy atom. The first-order valence-electron chi connectivity index (χ1n) is 7.92. The summed E-state index contributed by atoms with van der Waals surface area (Å²) in [6, 6.07) is 9.67. The summed E-state index contributed by atoms with van der Waals surface area (Å²) in [6.45, 7) is 3.32. The molecule has 22 heavy (non-hydrogen) atoms. The molecule has 2 rings (SSSR count). The minimum atomic E-state index is -0.894. The maximum Gasteiger partial charge on any atom is 0.335 e. The number of benzene rings is 1. The third kappa shape index (κ3) is 3.86. The fourth-order valence-corrected chi connectivity index (χ4v) is 3.23. The van der Waals surface area contributed by atoms with Gasteiger partial charge in [0.1, 0.15) is 0 Å². The summed E-state index contributed by atoms with van der Waals surface area (Å²) in [5, 5.41) is 18.5. The Labute approximate surface area is 131 Å². The van der Waals surface area contributed by atoms with Gasteiger partial charge >= 0.3 is 5.97 Å². The standard InChI is InChI=1S/C18H23NO3/c1-2-22-12-11-18(13-19)9-7-15(8-10-18)14-3-5-16(6-4-14)17(20)21/h3-6,15H,2,7-12H2,1H3,(H,20,21). The van der Waals surface area contributed by atoms with Gasteiger partial charge in [-0.15, -0.1) is 0 Å². The van der Waals surface area contributed by atoms with Crippen molar-refractivity contribution in [2.75, 3.05) is 13.2 Å². The van der Waals surface area contributed by atoms with Crippen LogP contribution < -0.4 is 0 Å². The maximum atomic E-state index is 10.9. The van der Waals surface area contributed by atoms with Crippen molar-refractivity contribution in [1.29, 1.82) is 5.26 Å². The normalized spacial score (nSPS) is 24.6. The number of carboxylic acid groups (broad SMARTS) is 1. The number of nitrogens with zero attached hydrogens (tertiary/aromatic N) is 1. The van der Waals surface area contributed by atoms with Gasteiger partial charge in [-0.25, -0.2) is 4.79 Å². The lowest BCUT2D eigenvalue weighted by molar-refractivity contribution is 0.0697. The molecular weight excluding hydrogens is 278 g/mol. The first-order valence-corrected chi connectivity index (χ1v) is 7.92. The molecule has 0 bridgehead atoms. The molecule has 1 aliphatic carbocycles. The fraction of sp³-hybridized carbons (Fsp3) is 0.556. The van der Waals surface area contributed by atoms with Crippen LogP contribution in [0.25, 0.3) is 0 Å². The Kier molecular flexibility index (Phi) is 5.57. The summed E-state index contributed by atoms with van der Waals surface area (Å²) in [6.07, 6.45) is 4.55. The van der Waals surface area contributed by atoms with Crippen LogP contribution in [0.2, 0.25) is 0 Å². The minimum Gasteiger partial charge on any atom is -0.478 e. The van der Waals surface area contributed by atoms with Gasteiger partial charge in [0.25, 0.3) is 0 Å². The van der Waals surface area contributed by atoms with Crippen LogP contribution in [-0.4, -0.2) is 24.3 Å². The van der Waals surface area contributed by atoms with E-state index in [0.29, 0.717) is 24.7 Å². The molecule has 1 N–H and O–H groups in total. The van der Waals surface area contributed by atoms with Crippen LogP contribution in [0.4, 0.5) is 0 Å². The molecule has 0 unspecified atom stereocenters. The molecule has 0 saturated heterocycles. The Balaban J connectivity index is 1.96. The Morgan fingerprint density at radius 3 is 2.50 bits per heavy atom. The fourth-order valence-electron chi connectivity index (χ4n) is 3.23. The molecule has 0 heterocycles. The highest BCUT2D eigenvalue weighted by atomic mass is 16.5. The molecule has 0 aliphatic heterocycles. The van der Waals surface area contributed by atoms with E-state index >= 15 is 0 Å². The molecule has 0 aromatic heterocycles. The number of hydrogen-bond donors (Lipinski definition) is 1. The highest BCUT2D eigenvalue weighted by Crippen LogP contribution is 2.44. The van der Waals surface area contributed by atoms with Crippen LogP contribution >= 0.6 is 0 Å². The Hall–Kier alpha value is -1.86. The van der Waals surface area contributed by atoms with Crippen molar-refractivity contribution in [1.82, 2.24) is 0 Å². The van der Waals surface area contributed by atoms with Crippen molar-refractivity contribution >= 4 is 5.97 Å². The molecule has 118 valence electrons. The monoisotopic (exact) mass is 301 g/mol. The summed E-state index contributed by atoms with van der Waals surface area (Å²) in [5.74, 6) is -0.467. The highest BCUT2D eigenvalue weighted by Gasteiger charge is 2.35. The van der Waals surface area contributed by atoms with Gasteiger partial charge in [-0.1, -0.05) is 12.1 Å². The summed E-state index contributed by atoms with van der Waals surface area (Å²) >= 11 is 0. The lowest BCUT2D eigenvalue weighted by Crippen LogP contribution is -2.27. The van der Waals surface area contributed by atoms with Gasteiger partial charge in [0.05, 0.1) is 17.0 Å². The summed E-state index contributed by atoms with van der Waals surface area (Å²) in [5.41, 5.74) is 1.26. The van der Waals surface area contributed by atoms with Crippen molar-refractivity contribution in [3.8, 4) is 6.07 Å². The number of ether oxygens (including phenoxy) is 1. The van der Waals surface area contributed by atoms with Crippen LogP contribution in [0.3, 0.4) is 0 Å². The summed E-state index contributed by atoms with van der Waals surface area (Å²) in [7, 11) is 0. The highest BCUT2D eigenvalue weighted by molar-refractivity contribution is 5.87. The zero-order valence-electron chi connectivity index (χ0n) is 13.0. The van der Waals surface area contributed by atoms with Gasteiger partial charge in [-0.05, 0) is 62.6 Å². The minimum absolute atomic E-state index is 0.243. The molecular formula is C18H23NO3. The molecule has 1 fully saturated rings.